The molecule has 138 valence electrons. The topological polar surface area (TPSA) is 100 Å². The second-order valence-corrected chi connectivity index (χ2v) is 7.14. The Morgan fingerprint density at radius 2 is 2.19 bits per heavy atom. The zero-order valence-corrected chi connectivity index (χ0v) is 15.7. The predicted octanol–water partition coefficient (Wildman–Crippen LogP) is 2.04. The van der Waals surface area contributed by atoms with Gasteiger partial charge < -0.3 is 15.5 Å². The van der Waals surface area contributed by atoms with Gasteiger partial charge in [0.25, 0.3) is 0 Å². The summed E-state index contributed by atoms with van der Waals surface area (Å²) >= 11 is 1.50. The highest BCUT2D eigenvalue weighted by molar-refractivity contribution is 7.15. The van der Waals surface area contributed by atoms with Gasteiger partial charge in [0.2, 0.25) is 16.9 Å². The van der Waals surface area contributed by atoms with Gasteiger partial charge in [-0.2, -0.15) is 0 Å². The molecule has 0 aromatic carbocycles. The van der Waals surface area contributed by atoms with E-state index in [0.29, 0.717) is 17.5 Å². The number of nitrogens with zero attached hydrogens (tertiary/aromatic N) is 4. The Hall–Kier alpha value is -2.55. The second-order valence-electron chi connectivity index (χ2n) is 6.08. The Balaban J connectivity index is 1.71. The zero-order chi connectivity index (χ0) is 18.5. The lowest BCUT2D eigenvalue weighted by atomic mass is 10.1. The van der Waals surface area contributed by atoms with Gasteiger partial charge in [-0.25, -0.2) is 4.98 Å². The van der Waals surface area contributed by atoms with E-state index < -0.39 is 0 Å². The summed E-state index contributed by atoms with van der Waals surface area (Å²) in [7, 11) is 0. The summed E-state index contributed by atoms with van der Waals surface area (Å²) in [6, 6.07) is 5.65. The summed E-state index contributed by atoms with van der Waals surface area (Å²) < 4.78 is 0. The monoisotopic (exact) mass is 374 g/mol. The van der Waals surface area contributed by atoms with Crippen molar-refractivity contribution < 1.29 is 9.59 Å². The molecule has 1 atom stereocenters. The number of anilines is 2. The van der Waals surface area contributed by atoms with E-state index in [1.807, 2.05) is 25.1 Å². The highest BCUT2D eigenvalue weighted by Gasteiger charge is 2.30. The summed E-state index contributed by atoms with van der Waals surface area (Å²) in [5.41, 5.74) is 0.837. The lowest BCUT2D eigenvalue weighted by Crippen LogP contribution is -2.39. The minimum atomic E-state index is -0.207. The van der Waals surface area contributed by atoms with Crippen LogP contribution < -0.4 is 10.6 Å². The van der Waals surface area contributed by atoms with E-state index in [1.165, 1.54) is 18.3 Å². The number of likely N-dealkylation sites (tertiary alicyclic amines) is 1. The van der Waals surface area contributed by atoms with E-state index in [2.05, 4.69) is 25.8 Å². The van der Waals surface area contributed by atoms with Gasteiger partial charge >= 0.3 is 0 Å². The Bertz CT molecular complexity index is 793. The van der Waals surface area contributed by atoms with Crippen molar-refractivity contribution in [3.63, 3.8) is 0 Å². The third-order valence-electron chi connectivity index (χ3n) is 4.18. The molecule has 2 N–H and O–H groups in total. The minimum absolute atomic E-state index is 0.0222. The number of carbonyl (C=O) groups is 2. The molecule has 1 aliphatic heterocycles. The standard InChI is InChI=1S/C17H22N6O2S/c1-3-15-21-22-17(26-15)20-14-8-4-6-12(19-14)13-7-5-9-23(13)16(25)10-18-11(2)24/h4,6,8,13H,3,5,7,9-10H2,1-2H3,(H,18,24)(H,19,20,22)/t13-/m1/s1. The third-order valence-corrected chi connectivity index (χ3v) is 5.16. The molecule has 1 fully saturated rings. The lowest BCUT2D eigenvalue weighted by Gasteiger charge is -2.24. The van der Waals surface area contributed by atoms with Crippen molar-refractivity contribution in [2.24, 2.45) is 0 Å². The average molecular weight is 374 g/mol. The first kappa shape index (κ1) is 18.2. The molecule has 0 aliphatic carbocycles. The van der Waals surface area contributed by atoms with E-state index in [9.17, 15) is 9.59 Å². The third kappa shape index (κ3) is 4.34. The van der Waals surface area contributed by atoms with Crippen LogP contribution >= 0.6 is 11.3 Å². The Morgan fingerprint density at radius 3 is 2.92 bits per heavy atom. The van der Waals surface area contributed by atoms with Crippen molar-refractivity contribution >= 4 is 34.1 Å². The van der Waals surface area contributed by atoms with Crippen LogP contribution in [0.2, 0.25) is 0 Å². The molecule has 3 heterocycles. The van der Waals surface area contributed by atoms with Crippen molar-refractivity contribution in [3.8, 4) is 0 Å². The number of rotatable bonds is 6. The molecule has 0 spiro atoms. The first-order chi connectivity index (χ1) is 12.6. The summed E-state index contributed by atoms with van der Waals surface area (Å²) in [6.07, 6.45) is 2.63. The Labute approximate surface area is 156 Å². The van der Waals surface area contributed by atoms with Crippen LogP contribution in [0, 0.1) is 0 Å². The number of carbonyl (C=O) groups excluding carboxylic acids is 2. The maximum Gasteiger partial charge on any atom is 0.242 e. The summed E-state index contributed by atoms with van der Waals surface area (Å²) in [6.45, 7) is 4.14. The molecule has 0 saturated carbocycles. The van der Waals surface area contributed by atoms with Gasteiger partial charge in [-0.15, -0.1) is 10.2 Å². The molecule has 1 aliphatic rings. The molecule has 2 aromatic heterocycles. The molecule has 26 heavy (non-hydrogen) atoms. The maximum absolute atomic E-state index is 12.4. The fourth-order valence-electron chi connectivity index (χ4n) is 2.94. The number of pyridine rings is 1. The first-order valence-corrected chi connectivity index (χ1v) is 9.48. The Kier molecular flexibility index (Phi) is 5.77. The Morgan fingerprint density at radius 1 is 1.35 bits per heavy atom. The molecular weight excluding hydrogens is 352 g/mol. The number of hydrogen-bond donors (Lipinski definition) is 2. The predicted molar refractivity (Wildman–Crippen MR) is 99.2 cm³/mol. The second kappa shape index (κ2) is 8.22. The zero-order valence-electron chi connectivity index (χ0n) is 14.9. The van der Waals surface area contributed by atoms with Crippen LogP contribution in [0.5, 0.6) is 0 Å². The molecule has 0 unspecified atom stereocenters. The molecule has 2 amide bonds. The van der Waals surface area contributed by atoms with Crippen molar-refractivity contribution in [1.82, 2.24) is 25.4 Å². The number of nitrogens with one attached hydrogen (secondary N) is 2. The average Bonchev–Trinajstić information content (AvgIpc) is 3.29. The summed E-state index contributed by atoms with van der Waals surface area (Å²) in [5, 5.41) is 15.6. The van der Waals surface area contributed by atoms with Crippen LogP contribution in [0.3, 0.4) is 0 Å². The fraction of sp³-hybridized carbons (Fsp3) is 0.471. The van der Waals surface area contributed by atoms with Crippen molar-refractivity contribution in [2.45, 2.75) is 39.2 Å². The SMILES string of the molecule is CCc1nnc(Nc2cccc([C@H]3CCCN3C(=O)CNC(C)=O)n2)s1. The fourth-order valence-corrected chi connectivity index (χ4v) is 3.62. The van der Waals surface area contributed by atoms with Crippen LogP contribution in [0.1, 0.15) is 43.4 Å². The van der Waals surface area contributed by atoms with Crippen molar-refractivity contribution in [3.05, 3.63) is 28.9 Å². The molecule has 1 saturated heterocycles. The van der Waals surface area contributed by atoms with Gasteiger partial charge in [0.15, 0.2) is 0 Å². The smallest absolute Gasteiger partial charge is 0.242 e. The van der Waals surface area contributed by atoms with Gasteiger partial charge in [0.05, 0.1) is 18.3 Å². The number of amides is 2. The van der Waals surface area contributed by atoms with Crippen molar-refractivity contribution in [2.75, 3.05) is 18.4 Å². The highest BCUT2D eigenvalue weighted by Crippen LogP contribution is 2.31. The molecule has 3 rings (SSSR count). The van der Waals surface area contributed by atoms with E-state index in [0.717, 1.165) is 30.0 Å². The van der Waals surface area contributed by atoms with Gasteiger partial charge in [0, 0.05) is 13.5 Å². The highest BCUT2D eigenvalue weighted by atomic mass is 32.1. The molecular formula is C17H22N6O2S. The maximum atomic E-state index is 12.4. The molecule has 2 aromatic rings. The summed E-state index contributed by atoms with van der Waals surface area (Å²) in [5.74, 6) is 0.393. The molecule has 9 heteroatoms. The normalized spacial score (nSPS) is 16.5. The van der Waals surface area contributed by atoms with Gasteiger partial charge in [-0.1, -0.05) is 24.3 Å². The van der Waals surface area contributed by atoms with Gasteiger partial charge in [-0.05, 0) is 31.4 Å². The van der Waals surface area contributed by atoms with E-state index >= 15 is 0 Å². The number of aromatic nitrogens is 3. The molecule has 0 bridgehead atoms. The van der Waals surface area contributed by atoms with Crippen LogP contribution in [0.4, 0.5) is 10.9 Å². The number of aryl methyl sites for hydroxylation is 1. The number of hydrogen-bond acceptors (Lipinski definition) is 7. The van der Waals surface area contributed by atoms with E-state index in [4.69, 9.17) is 0 Å². The quantitative estimate of drug-likeness (QED) is 0.803. The molecule has 8 nitrogen and oxygen atoms in total. The minimum Gasteiger partial charge on any atom is -0.347 e. The van der Waals surface area contributed by atoms with Crippen LogP contribution in [-0.2, 0) is 16.0 Å². The van der Waals surface area contributed by atoms with E-state index in [1.54, 1.807) is 4.90 Å². The summed E-state index contributed by atoms with van der Waals surface area (Å²) in [4.78, 5) is 29.9. The molecule has 0 radical (unpaired) electrons. The van der Waals surface area contributed by atoms with Crippen molar-refractivity contribution in [1.29, 1.82) is 0 Å². The van der Waals surface area contributed by atoms with Gasteiger partial charge in [-0.3, -0.25) is 9.59 Å². The van der Waals surface area contributed by atoms with Gasteiger partial charge in [0.1, 0.15) is 10.8 Å². The van der Waals surface area contributed by atoms with Crippen LogP contribution in [0.15, 0.2) is 18.2 Å². The van der Waals surface area contributed by atoms with Crippen LogP contribution in [0.25, 0.3) is 0 Å². The van der Waals surface area contributed by atoms with E-state index in [-0.39, 0.29) is 24.4 Å². The first-order valence-electron chi connectivity index (χ1n) is 8.67. The largest absolute Gasteiger partial charge is 0.347 e. The lowest BCUT2D eigenvalue weighted by molar-refractivity contribution is -0.133. The van der Waals surface area contributed by atoms with Crippen LogP contribution in [-0.4, -0.2) is 45.0 Å².